The maximum atomic E-state index is 13.4. The molecule has 1 N–H and O–H groups in total. The molecule has 102 valence electrons. The molecule has 0 radical (unpaired) electrons. The molecule has 0 saturated carbocycles. The van der Waals surface area contributed by atoms with Gasteiger partial charge in [0, 0.05) is 12.1 Å². The van der Waals surface area contributed by atoms with Gasteiger partial charge < -0.3 is 10.0 Å². The van der Waals surface area contributed by atoms with Gasteiger partial charge in [-0.15, -0.1) is 0 Å². The number of rotatable bonds is 8. The Labute approximate surface area is 109 Å². The van der Waals surface area contributed by atoms with Crippen LogP contribution in [0.15, 0.2) is 24.3 Å². The molecule has 3 heteroatoms. The summed E-state index contributed by atoms with van der Waals surface area (Å²) in [5.74, 6) is -0.321. The number of unbranched alkanes of at least 4 members (excludes halogenated alkanes) is 2. The predicted molar refractivity (Wildman–Crippen MR) is 73.0 cm³/mol. The van der Waals surface area contributed by atoms with Crippen LogP contribution in [0, 0.1) is 5.82 Å². The van der Waals surface area contributed by atoms with Crippen LogP contribution < -0.4 is 0 Å². The first-order valence-corrected chi connectivity index (χ1v) is 6.76. The van der Waals surface area contributed by atoms with Crippen LogP contribution >= 0.6 is 0 Å². The quantitative estimate of drug-likeness (QED) is 0.718. The lowest BCUT2D eigenvalue weighted by atomic mass is 10.1. The third kappa shape index (κ3) is 5.15. The molecule has 1 aromatic rings. The smallest absolute Gasteiger partial charge is 0.128 e. The molecule has 1 rings (SSSR count). The lowest BCUT2D eigenvalue weighted by Gasteiger charge is -2.19. The molecule has 0 spiro atoms. The van der Waals surface area contributed by atoms with Gasteiger partial charge in [0.25, 0.3) is 0 Å². The van der Waals surface area contributed by atoms with E-state index in [1.165, 1.54) is 25.3 Å². The second-order valence-corrected chi connectivity index (χ2v) is 4.84. The molecule has 1 unspecified atom stereocenters. The number of hydrogen-bond donors (Lipinski definition) is 1. The van der Waals surface area contributed by atoms with Crippen molar-refractivity contribution < 1.29 is 9.50 Å². The van der Waals surface area contributed by atoms with Crippen LogP contribution in [0.2, 0.25) is 0 Å². The van der Waals surface area contributed by atoms with Crippen LogP contribution in [0.3, 0.4) is 0 Å². The van der Waals surface area contributed by atoms with E-state index in [2.05, 4.69) is 11.8 Å². The SMILES string of the molecule is CCCCCN(C)CCC(O)c1ccccc1F. The molecule has 0 aromatic heterocycles. The summed E-state index contributed by atoms with van der Waals surface area (Å²) in [5.41, 5.74) is 0.402. The summed E-state index contributed by atoms with van der Waals surface area (Å²) in [6, 6.07) is 6.44. The molecule has 0 bridgehead atoms. The summed E-state index contributed by atoms with van der Waals surface area (Å²) in [4.78, 5) is 2.19. The van der Waals surface area contributed by atoms with Gasteiger partial charge >= 0.3 is 0 Å². The number of aliphatic hydroxyl groups excluding tert-OH is 1. The fourth-order valence-electron chi connectivity index (χ4n) is 1.99. The van der Waals surface area contributed by atoms with Gasteiger partial charge in [-0.05, 0) is 32.5 Å². The Morgan fingerprint density at radius 1 is 1.22 bits per heavy atom. The molecular weight excluding hydrogens is 229 g/mol. The first kappa shape index (κ1) is 15.1. The summed E-state index contributed by atoms with van der Waals surface area (Å²) in [6.07, 6.45) is 3.50. The maximum Gasteiger partial charge on any atom is 0.128 e. The van der Waals surface area contributed by atoms with Crippen molar-refractivity contribution >= 4 is 0 Å². The molecule has 0 aliphatic rings. The summed E-state index contributed by atoms with van der Waals surface area (Å²) < 4.78 is 13.4. The molecular formula is C15H24FNO. The average Bonchev–Trinajstić information content (AvgIpc) is 2.37. The van der Waals surface area contributed by atoms with Crippen molar-refractivity contribution in [1.29, 1.82) is 0 Å². The zero-order chi connectivity index (χ0) is 13.4. The van der Waals surface area contributed by atoms with Crippen molar-refractivity contribution in [1.82, 2.24) is 4.90 Å². The van der Waals surface area contributed by atoms with Gasteiger partial charge in [-0.1, -0.05) is 38.0 Å². The van der Waals surface area contributed by atoms with E-state index >= 15 is 0 Å². The first-order valence-electron chi connectivity index (χ1n) is 6.76. The highest BCUT2D eigenvalue weighted by Gasteiger charge is 2.12. The minimum Gasteiger partial charge on any atom is -0.388 e. The first-order chi connectivity index (χ1) is 8.65. The average molecular weight is 253 g/mol. The molecule has 0 amide bonds. The minimum absolute atomic E-state index is 0.321. The number of halogens is 1. The molecule has 2 nitrogen and oxygen atoms in total. The second-order valence-electron chi connectivity index (χ2n) is 4.84. The van der Waals surface area contributed by atoms with Gasteiger partial charge in [0.2, 0.25) is 0 Å². The lowest BCUT2D eigenvalue weighted by molar-refractivity contribution is 0.145. The summed E-state index contributed by atoms with van der Waals surface area (Å²) >= 11 is 0. The topological polar surface area (TPSA) is 23.5 Å². The highest BCUT2D eigenvalue weighted by molar-refractivity contribution is 5.19. The fourth-order valence-corrected chi connectivity index (χ4v) is 1.99. The van der Waals surface area contributed by atoms with Gasteiger partial charge in [0.1, 0.15) is 5.82 Å². The van der Waals surface area contributed by atoms with Gasteiger partial charge in [0.05, 0.1) is 6.10 Å². The Hall–Kier alpha value is -0.930. The molecule has 1 atom stereocenters. The van der Waals surface area contributed by atoms with Crippen LogP contribution in [0.1, 0.15) is 44.3 Å². The van der Waals surface area contributed by atoms with E-state index in [0.717, 1.165) is 13.1 Å². The largest absolute Gasteiger partial charge is 0.388 e. The van der Waals surface area contributed by atoms with Crippen molar-refractivity contribution in [2.75, 3.05) is 20.1 Å². The Morgan fingerprint density at radius 2 is 1.94 bits per heavy atom. The van der Waals surface area contributed by atoms with Crippen LogP contribution in [0.4, 0.5) is 4.39 Å². The Bertz CT molecular complexity index is 343. The Morgan fingerprint density at radius 3 is 2.61 bits per heavy atom. The zero-order valence-corrected chi connectivity index (χ0v) is 11.4. The molecule has 0 fully saturated rings. The number of aliphatic hydroxyl groups is 1. The normalized spacial score (nSPS) is 12.9. The predicted octanol–water partition coefficient (Wildman–Crippen LogP) is 3.37. The monoisotopic (exact) mass is 253 g/mol. The van der Waals surface area contributed by atoms with Gasteiger partial charge in [-0.25, -0.2) is 4.39 Å². The van der Waals surface area contributed by atoms with Crippen LogP contribution in [-0.4, -0.2) is 30.1 Å². The van der Waals surface area contributed by atoms with Gasteiger partial charge in [-0.2, -0.15) is 0 Å². The second kappa shape index (κ2) is 8.22. The van der Waals surface area contributed by atoms with Crippen LogP contribution in [-0.2, 0) is 0 Å². The van der Waals surface area contributed by atoms with E-state index in [-0.39, 0.29) is 5.82 Å². The summed E-state index contributed by atoms with van der Waals surface area (Å²) in [6.45, 7) is 4.01. The highest BCUT2D eigenvalue weighted by atomic mass is 19.1. The standard InChI is InChI=1S/C15H24FNO/c1-3-4-7-11-17(2)12-10-15(18)13-8-5-6-9-14(13)16/h5-6,8-9,15,18H,3-4,7,10-12H2,1-2H3. The van der Waals surface area contributed by atoms with Crippen molar-refractivity contribution in [3.63, 3.8) is 0 Å². The number of benzene rings is 1. The molecule has 0 saturated heterocycles. The van der Waals surface area contributed by atoms with Crippen molar-refractivity contribution in [2.24, 2.45) is 0 Å². The molecule has 0 heterocycles. The highest BCUT2D eigenvalue weighted by Crippen LogP contribution is 2.19. The van der Waals surface area contributed by atoms with E-state index < -0.39 is 6.10 Å². The maximum absolute atomic E-state index is 13.4. The fraction of sp³-hybridized carbons (Fsp3) is 0.600. The number of hydrogen-bond acceptors (Lipinski definition) is 2. The zero-order valence-electron chi connectivity index (χ0n) is 11.4. The molecule has 1 aromatic carbocycles. The summed E-state index contributed by atoms with van der Waals surface area (Å²) in [5, 5.41) is 9.96. The summed E-state index contributed by atoms with van der Waals surface area (Å²) in [7, 11) is 2.05. The van der Waals surface area contributed by atoms with E-state index in [0.29, 0.717) is 12.0 Å². The Kier molecular flexibility index (Phi) is 6.91. The third-order valence-electron chi connectivity index (χ3n) is 3.19. The molecule has 0 aliphatic carbocycles. The third-order valence-corrected chi connectivity index (χ3v) is 3.19. The van der Waals surface area contributed by atoms with Crippen molar-refractivity contribution in [2.45, 2.75) is 38.7 Å². The van der Waals surface area contributed by atoms with E-state index in [1.807, 2.05) is 7.05 Å². The van der Waals surface area contributed by atoms with E-state index in [4.69, 9.17) is 0 Å². The molecule has 18 heavy (non-hydrogen) atoms. The van der Waals surface area contributed by atoms with Crippen molar-refractivity contribution in [3.8, 4) is 0 Å². The van der Waals surface area contributed by atoms with Crippen LogP contribution in [0.5, 0.6) is 0 Å². The van der Waals surface area contributed by atoms with Crippen molar-refractivity contribution in [3.05, 3.63) is 35.6 Å². The minimum atomic E-state index is -0.708. The van der Waals surface area contributed by atoms with E-state index in [9.17, 15) is 9.50 Å². The molecule has 0 aliphatic heterocycles. The van der Waals surface area contributed by atoms with E-state index in [1.54, 1.807) is 18.2 Å². The lowest BCUT2D eigenvalue weighted by Crippen LogP contribution is -2.22. The van der Waals surface area contributed by atoms with Gasteiger partial charge in [-0.3, -0.25) is 0 Å². The van der Waals surface area contributed by atoms with Crippen LogP contribution in [0.25, 0.3) is 0 Å². The van der Waals surface area contributed by atoms with Gasteiger partial charge in [0.15, 0.2) is 0 Å². The number of nitrogens with zero attached hydrogens (tertiary/aromatic N) is 1. The Balaban J connectivity index is 2.32.